The van der Waals surface area contributed by atoms with E-state index in [1.165, 1.54) is 31.2 Å². The first-order chi connectivity index (χ1) is 8.69. The fourth-order valence-electron chi connectivity index (χ4n) is 2.58. The summed E-state index contributed by atoms with van der Waals surface area (Å²) in [6.45, 7) is 7.12. The van der Waals surface area contributed by atoms with E-state index in [2.05, 4.69) is 37.4 Å². The van der Waals surface area contributed by atoms with Gasteiger partial charge in [0.05, 0.1) is 12.3 Å². The lowest BCUT2D eigenvalue weighted by molar-refractivity contribution is 0.285. The predicted octanol–water partition coefficient (Wildman–Crippen LogP) is 4.38. The summed E-state index contributed by atoms with van der Waals surface area (Å²) < 4.78 is 5.70. The largest absolute Gasteiger partial charge is 0.492 e. The van der Waals surface area contributed by atoms with E-state index in [4.69, 9.17) is 4.74 Å². The van der Waals surface area contributed by atoms with Crippen LogP contribution in [-0.2, 0) is 0 Å². The van der Waals surface area contributed by atoms with Crippen molar-refractivity contribution in [2.45, 2.75) is 52.5 Å². The minimum Gasteiger partial charge on any atom is -0.492 e. The van der Waals surface area contributed by atoms with Crippen molar-refractivity contribution in [1.29, 1.82) is 0 Å². The van der Waals surface area contributed by atoms with Gasteiger partial charge in [-0.3, -0.25) is 0 Å². The van der Waals surface area contributed by atoms with Crippen LogP contribution >= 0.6 is 0 Å². The summed E-state index contributed by atoms with van der Waals surface area (Å²) in [6, 6.07) is 6.91. The van der Waals surface area contributed by atoms with E-state index < -0.39 is 0 Å². The Morgan fingerprint density at radius 1 is 1.39 bits per heavy atom. The van der Waals surface area contributed by atoms with E-state index in [-0.39, 0.29) is 0 Å². The normalized spacial score (nSPS) is 17.1. The average Bonchev–Trinajstić information content (AvgIpc) is 2.28. The molecule has 2 heteroatoms. The summed E-state index contributed by atoms with van der Waals surface area (Å²) in [6.07, 6.45) is 5.53. The van der Waals surface area contributed by atoms with Crippen molar-refractivity contribution in [2.24, 2.45) is 5.92 Å². The Morgan fingerprint density at radius 2 is 2.17 bits per heavy atom. The quantitative estimate of drug-likeness (QED) is 0.805. The Bertz CT molecular complexity index is 385. The van der Waals surface area contributed by atoms with Crippen LogP contribution in [0.5, 0.6) is 5.75 Å². The predicted molar refractivity (Wildman–Crippen MR) is 77.4 cm³/mol. The van der Waals surface area contributed by atoms with Crippen LogP contribution < -0.4 is 10.1 Å². The standard InChI is InChI=1S/C16H25NO/c1-4-18-16-10-12(2)8-9-15(16)17-13(3)11-14-6-5-7-14/h8-10,13-14,17H,4-7,11H2,1-3H3. The number of nitrogens with one attached hydrogen (secondary N) is 1. The van der Waals surface area contributed by atoms with E-state index in [1.54, 1.807) is 0 Å². The van der Waals surface area contributed by atoms with Gasteiger partial charge in [0.25, 0.3) is 0 Å². The highest BCUT2D eigenvalue weighted by molar-refractivity contribution is 5.58. The summed E-state index contributed by atoms with van der Waals surface area (Å²) in [5.74, 6) is 1.92. The Morgan fingerprint density at radius 3 is 2.78 bits per heavy atom. The molecule has 1 aliphatic rings. The van der Waals surface area contributed by atoms with Crippen molar-refractivity contribution in [3.8, 4) is 5.75 Å². The number of benzene rings is 1. The van der Waals surface area contributed by atoms with Crippen LogP contribution in [0.1, 0.15) is 45.1 Å². The summed E-state index contributed by atoms with van der Waals surface area (Å²) in [5.41, 5.74) is 2.38. The third-order valence-corrected chi connectivity index (χ3v) is 3.75. The van der Waals surface area contributed by atoms with Crippen LogP contribution in [0, 0.1) is 12.8 Å². The van der Waals surface area contributed by atoms with E-state index in [9.17, 15) is 0 Å². The molecule has 1 N–H and O–H groups in total. The Labute approximate surface area is 111 Å². The molecule has 1 aromatic rings. The molecule has 0 aromatic heterocycles. The Kier molecular flexibility index (Phi) is 4.51. The van der Waals surface area contributed by atoms with Crippen molar-refractivity contribution in [3.63, 3.8) is 0 Å². The fraction of sp³-hybridized carbons (Fsp3) is 0.625. The van der Waals surface area contributed by atoms with Gasteiger partial charge >= 0.3 is 0 Å². The highest BCUT2D eigenvalue weighted by Crippen LogP contribution is 2.32. The Balaban J connectivity index is 1.97. The number of hydrogen-bond donors (Lipinski definition) is 1. The van der Waals surface area contributed by atoms with Gasteiger partial charge in [-0.15, -0.1) is 0 Å². The monoisotopic (exact) mass is 247 g/mol. The zero-order chi connectivity index (χ0) is 13.0. The third-order valence-electron chi connectivity index (χ3n) is 3.75. The van der Waals surface area contributed by atoms with Crippen molar-refractivity contribution in [3.05, 3.63) is 23.8 Å². The number of aryl methyl sites for hydroxylation is 1. The van der Waals surface area contributed by atoms with E-state index in [0.29, 0.717) is 6.04 Å². The maximum atomic E-state index is 5.70. The minimum absolute atomic E-state index is 0.525. The first-order valence-electron chi connectivity index (χ1n) is 7.19. The van der Waals surface area contributed by atoms with Crippen molar-refractivity contribution in [2.75, 3.05) is 11.9 Å². The second-order valence-electron chi connectivity index (χ2n) is 5.51. The van der Waals surface area contributed by atoms with Crippen molar-refractivity contribution >= 4 is 5.69 Å². The summed E-state index contributed by atoms with van der Waals surface area (Å²) >= 11 is 0. The number of ether oxygens (including phenoxy) is 1. The van der Waals surface area contributed by atoms with Crippen molar-refractivity contribution in [1.82, 2.24) is 0 Å². The molecule has 0 saturated heterocycles. The lowest BCUT2D eigenvalue weighted by atomic mass is 9.81. The van der Waals surface area contributed by atoms with Crippen molar-refractivity contribution < 1.29 is 4.74 Å². The average molecular weight is 247 g/mol. The second-order valence-corrected chi connectivity index (χ2v) is 5.51. The summed E-state index contributed by atoms with van der Waals surface area (Å²) in [5, 5.41) is 3.60. The van der Waals surface area contributed by atoms with Gasteiger partial charge in [-0.05, 0) is 50.8 Å². The zero-order valence-electron chi connectivity index (χ0n) is 11.8. The molecule has 2 rings (SSSR count). The SMILES string of the molecule is CCOc1cc(C)ccc1NC(C)CC1CCC1. The lowest BCUT2D eigenvalue weighted by Crippen LogP contribution is -2.23. The van der Waals surface area contributed by atoms with E-state index >= 15 is 0 Å². The maximum Gasteiger partial charge on any atom is 0.142 e. The smallest absolute Gasteiger partial charge is 0.142 e. The first-order valence-corrected chi connectivity index (χ1v) is 7.19. The fourth-order valence-corrected chi connectivity index (χ4v) is 2.58. The maximum absolute atomic E-state index is 5.70. The van der Waals surface area contributed by atoms with Crippen LogP contribution in [0.3, 0.4) is 0 Å². The second kappa shape index (κ2) is 6.12. The molecule has 0 heterocycles. The van der Waals surface area contributed by atoms with Gasteiger partial charge in [-0.25, -0.2) is 0 Å². The zero-order valence-corrected chi connectivity index (χ0v) is 11.8. The third kappa shape index (κ3) is 3.41. The van der Waals surface area contributed by atoms with Gasteiger partial charge in [0.2, 0.25) is 0 Å². The minimum atomic E-state index is 0.525. The number of rotatable bonds is 6. The van der Waals surface area contributed by atoms with Crippen LogP contribution in [0.25, 0.3) is 0 Å². The number of hydrogen-bond acceptors (Lipinski definition) is 2. The molecule has 1 unspecified atom stereocenters. The summed E-state index contributed by atoms with van der Waals surface area (Å²) in [7, 11) is 0. The molecule has 0 spiro atoms. The van der Waals surface area contributed by atoms with Crippen LogP contribution in [0.4, 0.5) is 5.69 Å². The first kappa shape index (κ1) is 13.3. The molecular formula is C16H25NO. The highest BCUT2D eigenvalue weighted by Gasteiger charge is 2.20. The van der Waals surface area contributed by atoms with Crippen LogP contribution in [-0.4, -0.2) is 12.6 Å². The molecule has 0 aliphatic heterocycles. The Hall–Kier alpha value is -1.18. The molecule has 0 bridgehead atoms. The molecular weight excluding hydrogens is 222 g/mol. The molecule has 1 aromatic carbocycles. The molecule has 1 aliphatic carbocycles. The van der Waals surface area contributed by atoms with Gasteiger partial charge < -0.3 is 10.1 Å². The van der Waals surface area contributed by atoms with Crippen LogP contribution in [0.2, 0.25) is 0 Å². The topological polar surface area (TPSA) is 21.3 Å². The molecule has 1 saturated carbocycles. The summed E-state index contributed by atoms with van der Waals surface area (Å²) in [4.78, 5) is 0. The molecule has 1 fully saturated rings. The molecule has 100 valence electrons. The molecule has 1 atom stereocenters. The van der Waals surface area contributed by atoms with Gasteiger partial charge in [-0.1, -0.05) is 25.3 Å². The molecule has 0 radical (unpaired) electrons. The molecule has 0 amide bonds. The lowest BCUT2D eigenvalue weighted by Gasteiger charge is -2.29. The van der Waals surface area contributed by atoms with Gasteiger partial charge in [0, 0.05) is 6.04 Å². The van der Waals surface area contributed by atoms with Gasteiger partial charge in [0.15, 0.2) is 0 Å². The molecule has 18 heavy (non-hydrogen) atoms. The van der Waals surface area contributed by atoms with E-state index in [1.807, 2.05) is 6.92 Å². The van der Waals surface area contributed by atoms with Gasteiger partial charge in [-0.2, -0.15) is 0 Å². The van der Waals surface area contributed by atoms with E-state index in [0.717, 1.165) is 24.0 Å². The molecule has 2 nitrogen and oxygen atoms in total. The van der Waals surface area contributed by atoms with Gasteiger partial charge in [0.1, 0.15) is 5.75 Å². The van der Waals surface area contributed by atoms with Crippen LogP contribution in [0.15, 0.2) is 18.2 Å². The number of anilines is 1. The highest BCUT2D eigenvalue weighted by atomic mass is 16.5.